The second-order valence-electron chi connectivity index (χ2n) is 8.23. The monoisotopic (exact) mass is 488 g/mol. The van der Waals surface area contributed by atoms with E-state index >= 15 is 0 Å². The normalized spacial score (nSPS) is 14.6. The number of carbonyl (C=O) groups is 1. The fraction of sp³-hybridized carbons (Fsp3) is 0.391. The van der Waals surface area contributed by atoms with Crippen LogP contribution in [0.15, 0.2) is 40.7 Å². The number of nitrogens with one attached hydrogen (secondary N) is 1. The Hall–Kier alpha value is -2.53. The van der Waals surface area contributed by atoms with Crippen LogP contribution in [0.4, 0.5) is 0 Å². The lowest BCUT2D eigenvalue weighted by atomic mass is 10.1. The molecule has 10 heteroatoms. The van der Waals surface area contributed by atoms with E-state index in [-0.39, 0.29) is 23.9 Å². The minimum absolute atomic E-state index is 0.0421. The highest BCUT2D eigenvalue weighted by Crippen LogP contribution is 2.28. The maximum atomic E-state index is 13.1. The average molecular weight is 489 g/mol. The maximum Gasteiger partial charge on any atom is 0.242 e. The number of hydrogen-bond donors (Lipinski definition) is 1. The van der Waals surface area contributed by atoms with Crippen LogP contribution in [-0.2, 0) is 32.6 Å². The molecule has 1 amide bonds. The molecule has 0 unspecified atom stereocenters. The molecule has 0 bridgehead atoms. The molecule has 0 radical (unpaired) electrons. The number of thiazole rings is 1. The van der Waals surface area contributed by atoms with Crippen molar-refractivity contribution in [3.8, 4) is 10.7 Å². The quantitative estimate of drug-likeness (QED) is 0.552. The number of rotatable bonds is 7. The molecule has 0 atom stereocenters. The van der Waals surface area contributed by atoms with Gasteiger partial charge < -0.3 is 14.2 Å². The van der Waals surface area contributed by atoms with Crippen LogP contribution < -0.4 is 4.72 Å². The third kappa shape index (κ3) is 5.52. The Bertz CT molecular complexity index is 1260. The summed E-state index contributed by atoms with van der Waals surface area (Å²) in [7, 11) is -3.79. The van der Waals surface area contributed by atoms with Crippen LogP contribution in [0.5, 0.6) is 0 Å². The summed E-state index contributed by atoms with van der Waals surface area (Å²) in [5.41, 5.74) is 4.48. The summed E-state index contributed by atoms with van der Waals surface area (Å²) in [4.78, 5) is 19.2. The predicted octanol–water partition coefficient (Wildman–Crippen LogP) is 2.87. The van der Waals surface area contributed by atoms with E-state index in [1.54, 1.807) is 15.5 Å². The van der Waals surface area contributed by atoms with Gasteiger partial charge in [-0.1, -0.05) is 23.8 Å². The Kier molecular flexibility index (Phi) is 6.99. The number of carbonyl (C=O) groups excluding carboxylic acids is 1. The molecule has 2 aromatic heterocycles. The largest absolute Gasteiger partial charge is 0.378 e. The first-order valence-corrected chi connectivity index (χ1v) is 13.1. The van der Waals surface area contributed by atoms with Crippen LogP contribution in [0.3, 0.4) is 0 Å². The number of benzene rings is 1. The molecule has 1 aromatic carbocycles. The number of ether oxygens (including phenoxy) is 1. The van der Waals surface area contributed by atoms with Gasteiger partial charge in [0.25, 0.3) is 0 Å². The lowest BCUT2D eigenvalue weighted by Gasteiger charge is -2.27. The Morgan fingerprint density at radius 3 is 2.64 bits per heavy atom. The van der Waals surface area contributed by atoms with Crippen LogP contribution in [0, 0.1) is 20.8 Å². The molecular formula is C23H28N4O4S2. The smallest absolute Gasteiger partial charge is 0.242 e. The van der Waals surface area contributed by atoms with E-state index < -0.39 is 10.0 Å². The summed E-state index contributed by atoms with van der Waals surface area (Å²) in [6.45, 7) is 8.15. The molecule has 4 rings (SSSR count). The zero-order valence-corrected chi connectivity index (χ0v) is 20.6. The molecule has 1 aliphatic heterocycles. The van der Waals surface area contributed by atoms with Crippen molar-refractivity contribution in [3.05, 3.63) is 58.2 Å². The van der Waals surface area contributed by atoms with E-state index in [4.69, 9.17) is 4.74 Å². The van der Waals surface area contributed by atoms with Crippen molar-refractivity contribution in [1.29, 1.82) is 0 Å². The minimum Gasteiger partial charge on any atom is -0.378 e. The summed E-state index contributed by atoms with van der Waals surface area (Å²) >= 11 is 1.43. The van der Waals surface area contributed by atoms with E-state index in [0.29, 0.717) is 37.0 Å². The topological polar surface area (TPSA) is 93.5 Å². The zero-order valence-electron chi connectivity index (χ0n) is 19.0. The van der Waals surface area contributed by atoms with Crippen molar-refractivity contribution in [3.63, 3.8) is 0 Å². The van der Waals surface area contributed by atoms with Crippen LogP contribution >= 0.6 is 11.3 Å². The standard InChI is InChI=1S/C23H28N4O4S2/c1-16-4-5-17(2)19(10-16)12-24-33(29,30)20-11-21(23-25-18(3)15-32-23)27(13-20)14-22(28)26-6-8-31-9-7-26/h4-5,10-11,13,15,24H,6-9,12,14H2,1-3H3. The first-order chi connectivity index (χ1) is 15.7. The Morgan fingerprint density at radius 1 is 1.18 bits per heavy atom. The van der Waals surface area contributed by atoms with Gasteiger partial charge >= 0.3 is 0 Å². The van der Waals surface area contributed by atoms with Crippen LogP contribution in [0.2, 0.25) is 0 Å². The van der Waals surface area contributed by atoms with E-state index in [1.807, 2.05) is 44.4 Å². The Labute approximate surface area is 198 Å². The highest BCUT2D eigenvalue weighted by molar-refractivity contribution is 7.89. The molecule has 0 aliphatic carbocycles. The van der Waals surface area contributed by atoms with Crippen LogP contribution in [0.1, 0.15) is 22.4 Å². The SMILES string of the molecule is Cc1ccc(C)c(CNS(=O)(=O)c2cc(-c3nc(C)cs3)n(CC(=O)N3CCOCC3)c2)c1. The first kappa shape index (κ1) is 23.6. The Balaban J connectivity index is 1.60. The van der Waals surface area contributed by atoms with Crippen molar-refractivity contribution >= 4 is 27.3 Å². The molecule has 1 fully saturated rings. The molecule has 8 nitrogen and oxygen atoms in total. The van der Waals surface area contributed by atoms with Gasteiger partial charge in [0.05, 0.1) is 18.9 Å². The van der Waals surface area contributed by atoms with Crippen molar-refractivity contribution in [1.82, 2.24) is 19.2 Å². The number of aryl methyl sites for hydroxylation is 3. The van der Waals surface area contributed by atoms with Gasteiger partial charge in [-0.15, -0.1) is 11.3 Å². The van der Waals surface area contributed by atoms with E-state index in [0.717, 1.165) is 22.4 Å². The lowest BCUT2D eigenvalue weighted by Crippen LogP contribution is -2.42. The summed E-state index contributed by atoms with van der Waals surface area (Å²) < 4.78 is 36.0. The van der Waals surface area contributed by atoms with Crippen molar-refractivity contribution in [2.24, 2.45) is 0 Å². The number of aromatic nitrogens is 2. The highest BCUT2D eigenvalue weighted by Gasteiger charge is 2.24. The van der Waals surface area contributed by atoms with Gasteiger partial charge in [-0.3, -0.25) is 4.79 Å². The fourth-order valence-corrected chi connectivity index (χ4v) is 5.59. The maximum absolute atomic E-state index is 13.1. The number of amides is 1. The summed E-state index contributed by atoms with van der Waals surface area (Å²) in [5, 5.41) is 2.59. The lowest BCUT2D eigenvalue weighted by molar-refractivity contribution is -0.135. The van der Waals surface area contributed by atoms with Gasteiger partial charge in [0.2, 0.25) is 15.9 Å². The third-order valence-electron chi connectivity index (χ3n) is 5.65. The number of nitrogens with zero attached hydrogens (tertiary/aromatic N) is 3. The fourth-order valence-electron chi connectivity index (χ4n) is 3.72. The molecule has 33 heavy (non-hydrogen) atoms. The van der Waals surface area contributed by atoms with Gasteiger partial charge in [-0.25, -0.2) is 18.1 Å². The molecule has 1 N–H and O–H groups in total. The van der Waals surface area contributed by atoms with Crippen molar-refractivity contribution in [2.75, 3.05) is 26.3 Å². The van der Waals surface area contributed by atoms with E-state index in [9.17, 15) is 13.2 Å². The molecule has 3 heterocycles. The second kappa shape index (κ2) is 9.76. The zero-order chi connectivity index (χ0) is 23.6. The van der Waals surface area contributed by atoms with E-state index in [2.05, 4.69) is 9.71 Å². The van der Waals surface area contributed by atoms with Gasteiger partial charge in [-0.2, -0.15) is 0 Å². The summed E-state index contributed by atoms with van der Waals surface area (Å²) in [6.07, 6.45) is 1.52. The predicted molar refractivity (Wildman–Crippen MR) is 128 cm³/mol. The molecule has 176 valence electrons. The highest BCUT2D eigenvalue weighted by atomic mass is 32.2. The molecule has 3 aromatic rings. The van der Waals surface area contributed by atoms with Crippen LogP contribution in [-0.4, -0.2) is 55.1 Å². The second-order valence-corrected chi connectivity index (χ2v) is 10.9. The van der Waals surface area contributed by atoms with Gasteiger partial charge in [-0.05, 0) is 38.0 Å². The molecule has 1 aliphatic rings. The minimum atomic E-state index is -3.79. The van der Waals surface area contributed by atoms with E-state index in [1.165, 1.54) is 17.5 Å². The average Bonchev–Trinajstić information content (AvgIpc) is 3.41. The van der Waals surface area contributed by atoms with Gasteiger partial charge in [0.15, 0.2) is 0 Å². The molecular weight excluding hydrogens is 460 g/mol. The molecule has 0 spiro atoms. The molecule has 0 saturated carbocycles. The van der Waals surface area contributed by atoms with Gasteiger partial charge in [0, 0.05) is 36.9 Å². The van der Waals surface area contributed by atoms with Crippen LogP contribution in [0.25, 0.3) is 10.7 Å². The van der Waals surface area contributed by atoms with Crippen molar-refractivity contribution in [2.45, 2.75) is 38.8 Å². The van der Waals surface area contributed by atoms with Gasteiger partial charge in [0.1, 0.15) is 16.4 Å². The Morgan fingerprint density at radius 2 is 1.94 bits per heavy atom. The third-order valence-corrected chi connectivity index (χ3v) is 8.00. The number of hydrogen-bond acceptors (Lipinski definition) is 6. The van der Waals surface area contributed by atoms with Crippen molar-refractivity contribution < 1.29 is 17.9 Å². The number of morpholine rings is 1. The summed E-state index contributed by atoms with van der Waals surface area (Å²) in [5.74, 6) is -0.0734. The number of sulfonamides is 1. The summed E-state index contributed by atoms with van der Waals surface area (Å²) in [6, 6.07) is 7.56. The molecule has 1 saturated heterocycles. The first-order valence-electron chi connectivity index (χ1n) is 10.8.